The molecule has 1 aliphatic rings. The summed E-state index contributed by atoms with van der Waals surface area (Å²) in [5.41, 5.74) is -0.158. The number of hydrogen-bond donors (Lipinski definition) is 1. The third kappa shape index (κ3) is 1.37. The summed E-state index contributed by atoms with van der Waals surface area (Å²) in [6, 6.07) is 0. The first-order chi connectivity index (χ1) is 6.59. The first-order valence-electron chi connectivity index (χ1n) is 3.86. The number of rotatable bonds is 1. The Morgan fingerprint density at radius 2 is 2.50 bits per heavy atom. The summed E-state index contributed by atoms with van der Waals surface area (Å²) in [5, 5.41) is 12.4. The Bertz CT molecular complexity index is 393. The van der Waals surface area contributed by atoms with Crippen LogP contribution in [0.5, 0.6) is 5.88 Å². The molecule has 0 saturated heterocycles. The second-order valence-electron chi connectivity index (χ2n) is 2.86. The van der Waals surface area contributed by atoms with Crippen LogP contribution in [0, 0.1) is 0 Å². The molecule has 0 aliphatic carbocycles. The molecule has 0 radical (unpaired) electrons. The van der Waals surface area contributed by atoms with Crippen molar-refractivity contribution in [3.05, 3.63) is 10.2 Å². The van der Waals surface area contributed by atoms with Crippen LogP contribution in [0.4, 0.5) is 4.39 Å². The van der Waals surface area contributed by atoms with Crippen molar-refractivity contribution < 1.29 is 19.0 Å². The summed E-state index contributed by atoms with van der Waals surface area (Å²) in [4.78, 5) is 10.7. The molecule has 0 bridgehead atoms. The number of ether oxygens (including phenoxy) is 1. The van der Waals surface area contributed by atoms with Crippen LogP contribution in [0.1, 0.15) is 10.5 Å². The van der Waals surface area contributed by atoms with E-state index in [4.69, 9.17) is 9.84 Å². The van der Waals surface area contributed by atoms with Gasteiger partial charge in [0, 0.05) is 0 Å². The second kappa shape index (κ2) is 3.23. The standard InChI is InChI=1S/C7H6BrFN2O3/c8-4-5(7(12)13)10-11-1-3(9)2-14-6(4)11/h3H,1-2H2,(H,12,13)/t3-/m0/s1. The molecule has 0 unspecified atom stereocenters. The quantitative estimate of drug-likeness (QED) is 0.825. The predicted molar refractivity (Wildman–Crippen MR) is 47.3 cm³/mol. The second-order valence-corrected chi connectivity index (χ2v) is 3.66. The van der Waals surface area contributed by atoms with Crippen LogP contribution in [0.3, 0.4) is 0 Å². The van der Waals surface area contributed by atoms with Gasteiger partial charge < -0.3 is 9.84 Å². The van der Waals surface area contributed by atoms with Crippen molar-refractivity contribution in [1.82, 2.24) is 9.78 Å². The van der Waals surface area contributed by atoms with Crippen LogP contribution in [0.25, 0.3) is 0 Å². The fourth-order valence-corrected chi connectivity index (χ4v) is 1.80. The zero-order valence-corrected chi connectivity index (χ0v) is 8.49. The minimum atomic E-state index is -1.17. The number of carboxylic acid groups (broad SMARTS) is 1. The molecule has 76 valence electrons. The molecule has 0 amide bonds. The molecule has 2 heterocycles. The van der Waals surface area contributed by atoms with E-state index >= 15 is 0 Å². The first kappa shape index (κ1) is 9.45. The van der Waals surface area contributed by atoms with Gasteiger partial charge in [-0.2, -0.15) is 5.10 Å². The van der Waals surface area contributed by atoms with Crippen molar-refractivity contribution >= 4 is 21.9 Å². The van der Waals surface area contributed by atoms with E-state index in [1.165, 1.54) is 4.68 Å². The van der Waals surface area contributed by atoms with Gasteiger partial charge >= 0.3 is 5.97 Å². The van der Waals surface area contributed by atoms with Gasteiger partial charge in [-0.15, -0.1) is 0 Å². The Labute approximate surface area is 86.6 Å². The molecule has 7 heteroatoms. The molecular formula is C7H6BrFN2O3. The molecular weight excluding hydrogens is 259 g/mol. The lowest BCUT2D eigenvalue weighted by Gasteiger charge is -2.18. The largest absolute Gasteiger partial charge is 0.476 e. The van der Waals surface area contributed by atoms with Crippen LogP contribution in [0.2, 0.25) is 0 Å². The summed E-state index contributed by atoms with van der Waals surface area (Å²) in [7, 11) is 0. The van der Waals surface area contributed by atoms with Gasteiger partial charge in [-0.05, 0) is 15.9 Å². The highest BCUT2D eigenvalue weighted by Crippen LogP contribution is 2.31. The van der Waals surface area contributed by atoms with Gasteiger partial charge in [-0.3, -0.25) is 0 Å². The number of aromatic nitrogens is 2. The van der Waals surface area contributed by atoms with Crippen LogP contribution in [0.15, 0.2) is 4.47 Å². The molecule has 0 fully saturated rings. The average molecular weight is 265 g/mol. The Hall–Kier alpha value is -1.11. The smallest absolute Gasteiger partial charge is 0.357 e. The zero-order valence-electron chi connectivity index (χ0n) is 6.91. The van der Waals surface area contributed by atoms with Gasteiger partial charge in [-0.1, -0.05) is 0 Å². The SMILES string of the molecule is O=C(O)c1nn2c(c1Br)OC[C@@H](F)C2. The third-order valence-electron chi connectivity index (χ3n) is 1.83. The topological polar surface area (TPSA) is 64.3 Å². The average Bonchev–Trinajstić information content (AvgIpc) is 2.43. The molecule has 0 spiro atoms. The normalized spacial score (nSPS) is 20.0. The fraction of sp³-hybridized carbons (Fsp3) is 0.429. The maximum absolute atomic E-state index is 12.9. The number of nitrogens with zero attached hydrogens (tertiary/aromatic N) is 2. The summed E-state index contributed by atoms with van der Waals surface area (Å²) in [5.74, 6) is -0.894. The summed E-state index contributed by atoms with van der Waals surface area (Å²) >= 11 is 3.05. The van der Waals surface area contributed by atoms with Crippen LogP contribution in [-0.4, -0.2) is 33.6 Å². The minimum Gasteiger partial charge on any atom is -0.476 e. The number of carbonyl (C=O) groups is 1. The van der Waals surface area contributed by atoms with E-state index in [0.29, 0.717) is 0 Å². The zero-order chi connectivity index (χ0) is 10.3. The highest BCUT2D eigenvalue weighted by Gasteiger charge is 2.27. The number of hydrogen-bond acceptors (Lipinski definition) is 3. The summed E-state index contributed by atoms with van der Waals surface area (Å²) in [6.45, 7) is -0.0371. The molecule has 14 heavy (non-hydrogen) atoms. The Balaban J connectivity index is 2.45. The molecule has 0 saturated carbocycles. The van der Waals surface area contributed by atoms with E-state index in [1.54, 1.807) is 0 Å². The van der Waals surface area contributed by atoms with Crippen molar-refractivity contribution in [2.45, 2.75) is 12.7 Å². The van der Waals surface area contributed by atoms with Gasteiger partial charge in [0.2, 0.25) is 5.88 Å². The number of aromatic carboxylic acids is 1. The monoisotopic (exact) mass is 264 g/mol. The van der Waals surface area contributed by atoms with Crippen molar-refractivity contribution in [1.29, 1.82) is 0 Å². The minimum absolute atomic E-state index is 0.0290. The van der Waals surface area contributed by atoms with Crippen molar-refractivity contribution in [2.75, 3.05) is 6.61 Å². The van der Waals surface area contributed by atoms with Gasteiger partial charge in [0.15, 0.2) is 11.9 Å². The first-order valence-corrected chi connectivity index (χ1v) is 4.65. The molecule has 0 aromatic carbocycles. The highest BCUT2D eigenvalue weighted by molar-refractivity contribution is 9.10. The van der Waals surface area contributed by atoms with Gasteiger partial charge in [0.25, 0.3) is 0 Å². The fourth-order valence-electron chi connectivity index (χ4n) is 1.23. The lowest BCUT2D eigenvalue weighted by atomic mass is 10.4. The number of alkyl halides is 1. The maximum Gasteiger partial charge on any atom is 0.357 e. The Kier molecular flexibility index (Phi) is 2.18. The van der Waals surface area contributed by atoms with Crippen molar-refractivity contribution in [3.63, 3.8) is 0 Å². The number of fused-ring (bicyclic) bond motifs is 1. The molecule has 1 aromatic heterocycles. The lowest BCUT2D eigenvalue weighted by Crippen LogP contribution is -2.26. The van der Waals surface area contributed by atoms with Crippen LogP contribution < -0.4 is 4.74 Å². The van der Waals surface area contributed by atoms with E-state index in [2.05, 4.69) is 21.0 Å². The van der Waals surface area contributed by atoms with Crippen LogP contribution in [-0.2, 0) is 6.54 Å². The van der Waals surface area contributed by atoms with Gasteiger partial charge in [0.05, 0.1) is 6.54 Å². The maximum atomic E-state index is 12.9. The summed E-state index contributed by atoms with van der Waals surface area (Å²) < 4.78 is 19.3. The number of halogens is 2. The van der Waals surface area contributed by atoms with Crippen molar-refractivity contribution in [3.8, 4) is 5.88 Å². The lowest BCUT2D eigenvalue weighted by molar-refractivity contribution is 0.0687. The summed E-state index contributed by atoms with van der Waals surface area (Å²) in [6.07, 6.45) is -1.14. The van der Waals surface area contributed by atoms with E-state index in [1.807, 2.05) is 0 Å². The van der Waals surface area contributed by atoms with E-state index < -0.39 is 12.1 Å². The Morgan fingerprint density at radius 1 is 1.79 bits per heavy atom. The molecule has 1 aromatic rings. The van der Waals surface area contributed by atoms with Gasteiger partial charge in [0.1, 0.15) is 11.1 Å². The van der Waals surface area contributed by atoms with Crippen molar-refractivity contribution in [2.24, 2.45) is 0 Å². The van der Waals surface area contributed by atoms with Gasteiger partial charge in [-0.25, -0.2) is 13.9 Å². The Morgan fingerprint density at radius 3 is 3.14 bits per heavy atom. The molecule has 1 aliphatic heterocycles. The van der Waals surface area contributed by atoms with E-state index in [0.717, 1.165) is 0 Å². The molecule has 1 N–H and O–H groups in total. The highest BCUT2D eigenvalue weighted by atomic mass is 79.9. The van der Waals surface area contributed by atoms with Crippen LogP contribution >= 0.6 is 15.9 Å². The molecule has 2 rings (SSSR count). The number of carboxylic acids is 1. The van der Waals surface area contributed by atoms with E-state index in [-0.39, 0.29) is 29.2 Å². The third-order valence-corrected chi connectivity index (χ3v) is 2.54. The predicted octanol–water partition coefficient (Wildman–Crippen LogP) is 1.07. The molecule has 1 atom stereocenters. The molecule has 5 nitrogen and oxygen atoms in total. The van der Waals surface area contributed by atoms with E-state index in [9.17, 15) is 9.18 Å².